The molecule has 1 saturated carbocycles. The number of aliphatic imine (C=N–C) groups is 1. The minimum Gasteiger partial charge on any atom is -0.377 e. The molecule has 1 aliphatic carbocycles. The van der Waals surface area contributed by atoms with Crippen LogP contribution in [0.5, 0.6) is 0 Å². The predicted octanol–water partition coefficient (Wildman–Crippen LogP) is 2.32. The van der Waals surface area contributed by atoms with E-state index in [1.165, 1.54) is 4.88 Å². The molecule has 2 N–H and O–H groups in total. The number of hydrogen-bond donors (Lipinski definition) is 2. The molecule has 6 heteroatoms. The van der Waals surface area contributed by atoms with E-state index in [0.29, 0.717) is 24.6 Å². The molecule has 0 bridgehead atoms. The van der Waals surface area contributed by atoms with Gasteiger partial charge in [-0.2, -0.15) is 0 Å². The Kier molecular flexibility index (Phi) is 4.41. The highest BCUT2D eigenvalue weighted by atomic mass is 32.1. The lowest BCUT2D eigenvalue weighted by Crippen LogP contribution is -2.67. The van der Waals surface area contributed by atoms with E-state index in [9.17, 15) is 0 Å². The monoisotopic (exact) mass is 322 g/mol. The number of aromatic nitrogens is 1. The van der Waals surface area contributed by atoms with Gasteiger partial charge in [0.2, 0.25) is 0 Å². The summed E-state index contributed by atoms with van der Waals surface area (Å²) < 4.78 is 5.86. The average Bonchev–Trinajstić information content (AvgIpc) is 3.09. The summed E-state index contributed by atoms with van der Waals surface area (Å²) in [6.07, 6.45) is 3.46. The Hall–Kier alpha value is -1.14. The minimum atomic E-state index is 0.162. The van der Waals surface area contributed by atoms with Crippen molar-refractivity contribution in [3.8, 4) is 0 Å². The zero-order valence-electron chi connectivity index (χ0n) is 13.8. The van der Waals surface area contributed by atoms with Crippen LogP contribution >= 0.6 is 11.3 Å². The van der Waals surface area contributed by atoms with E-state index < -0.39 is 0 Å². The van der Waals surface area contributed by atoms with Crippen molar-refractivity contribution >= 4 is 17.3 Å². The highest BCUT2D eigenvalue weighted by molar-refractivity contribution is 7.11. The second kappa shape index (κ2) is 6.16. The van der Waals surface area contributed by atoms with E-state index >= 15 is 0 Å². The van der Waals surface area contributed by atoms with Crippen molar-refractivity contribution < 1.29 is 4.74 Å². The van der Waals surface area contributed by atoms with E-state index in [4.69, 9.17) is 9.73 Å². The van der Waals surface area contributed by atoms with Crippen LogP contribution in [0.25, 0.3) is 0 Å². The summed E-state index contributed by atoms with van der Waals surface area (Å²) >= 11 is 1.71. The number of aryl methyl sites for hydroxylation is 1. The van der Waals surface area contributed by atoms with Gasteiger partial charge in [0.05, 0.1) is 12.6 Å². The van der Waals surface area contributed by atoms with Crippen LogP contribution in [0.3, 0.4) is 0 Å². The molecule has 0 spiro atoms. The summed E-state index contributed by atoms with van der Waals surface area (Å²) in [5.41, 5.74) is 0.162. The molecule has 1 saturated heterocycles. The van der Waals surface area contributed by atoms with Crippen LogP contribution in [0.15, 0.2) is 11.2 Å². The molecule has 3 unspecified atom stereocenters. The Labute approximate surface area is 136 Å². The summed E-state index contributed by atoms with van der Waals surface area (Å²) in [6, 6.07) is 0.427. The fraction of sp³-hybridized carbons (Fsp3) is 0.750. The molecule has 122 valence electrons. The summed E-state index contributed by atoms with van der Waals surface area (Å²) in [7, 11) is 0. The molecule has 2 fully saturated rings. The molecule has 1 aromatic rings. The van der Waals surface area contributed by atoms with Crippen molar-refractivity contribution in [1.82, 2.24) is 15.6 Å². The molecule has 3 rings (SSSR count). The van der Waals surface area contributed by atoms with Crippen LogP contribution in [0.1, 0.15) is 37.1 Å². The first-order chi connectivity index (χ1) is 10.5. The highest BCUT2D eigenvalue weighted by Crippen LogP contribution is 2.52. The van der Waals surface area contributed by atoms with Crippen molar-refractivity contribution in [3.05, 3.63) is 16.1 Å². The molecule has 0 aromatic carbocycles. The quantitative estimate of drug-likeness (QED) is 0.660. The van der Waals surface area contributed by atoms with Crippen LogP contribution in [-0.4, -0.2) is 36.2 Å². The van der Waals surface area contributed by atoms with Crippen LogP contribution in [0, 0.1) is 18.3 Å². The standard InChI is InChI=1S/C16H26N4OS/c1-5-17-15(19-9-12-18-8-10(2)22-12)20-13-11-6-7-21-14(11)16(13,3)4/h8,11,13-14H,5-7,9H2,1-4H3,(H2,17,19,20). The Morgan fingerprint density at radius 1 is 1.55 bits per heavy atom. The predicted molar refractivity (Wildman–Crippen MR) is 90.2 cm³/mol. The van der Waals surface area contributed by atoms with Gasteiger partial charge in [-0.3, -0.25) is 0 Å². The Bertz CT molecular complexity index is 554. The maximum absolute atomic E-state index is 5.86. The Morgan fingerprint density at radius 2 is 2.36 bits per heavy atom. The average molecular weight is 322 g/mol. The lowest BCUT2D eigenvalue weighted by atomic mass is 9.57. The molecule has 1 aromatic heterocycles. The third-order valence-electron chi connectivity index (χ3n) is 4.78. The van der Waals surface area contributed by atoms with Gasteiger partial charge in [-0.25, -0.2) is 9.98 Å². The number of ether oxygens (including phenoxy) is 1. The molecule has 2 heterocycles. The zero-order chi connectivity index (χ0) is 15.7. The lowest BCUT2D eigenvalue weighted by molar-refractivity contribution is -0.106. The number of nitrogens with zero attached hydrogens (tertiary/aromatic N) is 2. The van der Waals surface area contributed by atoms with E-state index in [-0.39, 0.29) is 5.41 Å². The largest absolute Gasteiger partial charge is 0.377 e. The molecule has 0 radical (unpaired) electrons. The fourth-order valence-corrected chi connectivity index (χ4v) is 4.42. The molecule has 3 atom stereocenters. The summed E-state index contributed by atoms with van der Waals surface area (Å²) in [5, 5.41) is 8.04. The molecule has 22 heavy (non-hydrogen) atoms. The fourth-order valence-electron chi connectivity index (χ4n) is 3.71. The normalized spacial score (nSPS) is 29.8. The van der Waals surface area contributed by atoms with Crippen molar-refractivity contribution in [2.24, 2.45) is 16.3 Å². The van der Waals surface area contributed by atoms with E-state index in [1.807, 2.05) is 6.20 Å². The first-order valence-electron chi connectivity index (χ1n) is 8.10. The number of rotatable bonds is 4. The van der Waals surface area contributed by atoms with Gasteiger partial charge in [0.1, 0.15) is 5.01 Å². The summed E-state index contributed by atoms with van der Waals surface area (Å²) in [4.78, 5) is 10.3. The van der Waals surface area contributed by atoms with Gasteiger partial charge in [-0.15, -0.1) is 11.3 Å². The Morgan fingerprint density at radius 3 is 3.05 bits per heavy atom. The topological polar surface area (TPSA) is 58.5 Å². The number of fused-ring (bicyclic) bond motifs is 1. The zero-order valence-corrected chi connectivity index (χ0v) is 14.7. The summed E-state index contributed by atoms with van der Waals surface area (Å²) in [6.45, 7) is 11.1. The first-order valence-corrected chi connectivity index (χ1v) is 8.91. The van der Waals surface area contributed by atoms with Crippen LogP contribution < -0.4 is 10.6 Å². The van der Waals surface area contributed by atoms with Crippen LogP contribution in [0.2, 0.25) is 0 Å². The van der Waals surface area contributed by atoms with Gasteiger partial charge in [0.15, 0.2) is 5.96 Å². The Balaban J connectivity index is 1.66. The molecule has 0 amide bonds. The maximum atomic E-state index is 5.86. The van der Waals surface area contributed by atoms with Crippen molar-refractivity contribution in [3.63, 3.8) is 0 Å². The highest BCUT2D eigenvalue weighted by Gasteiger charge is 2.59. The van der Waals surface area contributed by atoms with E-state index in [0.717, 1.165) is 30.5 Å². The third-order valence-corrected chi connectivity index (χ3v) is 5.68. The van der Waals surface area contributed by atoms with Gasteiger partial charge < -0.3 is 15.4 Å². The summed E-state index contributed by atoms with van der Waals surface area (Å²) in [5.74, 6) is 1.50. The number of nitrogens with one attached hydrogen (secondary N) is 2. The van der Waals surface area contributed by atoms with Gasteiger partial charge in [0, 0.05) is 41.6 Å². The smallest absolute Gasteiger partial charge is 0.191 e. The van der Waals surface area contributed by atoms with Gasteiger partial charge in [0.25, 0.3) is 0 Å². The van der Waals surface area contributed by atoms with Crippen LogP contribution in [0.4, 0.5) is 0 Å². The maximum Gasteiger partial charge on any atom is 0.191 e. The third kappa shape index (κ3) is 2.86. The molecule has 5 nitrogen and oxygen atoms in total. The number of guanidine groups is 1. The lowest BCUT2D eigenvalue weighted by Gasteiger charge is -2.54. The number of thiazole rings is 1. The van der Waals surface area contributed by atoms with Crippen LogP contribution in [-0.2, 0) is 11.3 Å². The SMILES string of the molecule is CCNC(=NCc1ncc(C)s1)NC1C2CCOC2C1(C)C. The second-order valence-corrected chi connectivity index (χ2v) is 8.07. The molecular formula is C16H26N4OS. The van der Waals surface area contributed by atoms with Crippen molar-refractivity contribution in [1.29, 1.82) is 0 Å². The van der Waals surface area contributed by atoms with Crippen molar-refractivity contribution in [2.45, 2.75) is 52.8 Å². The molecule has 1 aliphatic heterocycles. The molecule has 2 aliphatic rings. The minimum absolute atomic E-state index is 0.162. The van der Waals surface area contributed by atoms with E-state index in [1.54, 1.807) is 11.3 Å². The van der Waals surface area contributed by atoms with Gasteiger partial charge >= 0.3 is 0 Å². The van der Waals surface area contributed by atoms with Gasteiger partial charge in [-0.1, -0.05) is 13.8 Å². The van der Waals surface area contributed by atoms with Crippen molar-refractivity contribution in [2.75, 3.05) is 13.2 Å². The number of hydrogen-bond acceptors (Lipinski definition) is 4. The first kappa shape index (κ1) is 15.7. The molecular weight excluding hydrogens is 296 g/mol. The second-order valence-electron chi connectivity index (χ2n) is 6.75. The van der Waals surface area contributed by atoms with E-state index in [2.05, 4.69) is 43.3 Å². The van der Waals surface area contributed by atoms with Gasteiger partial charge in [-0.05, 0) is 20.3 Å².